The van der Waals surface area contributed by atoms with Gasteiger partial charge in [-0.25, -0.2) is 0 Å². The van der Waals surface area contributed by atoms with Crippen molar-refractivity contribution in [2.75, 3.05) is 0 Å². The summed E-state index contributed by atoms with van der Waals surface area (Å²) < 4.78 is 2.10. The average Bonchev–Trinajstić information content (AvgIpc) is 2.80. The lowest BCUT2D eigenvalue weighted by Gasteiger charge is -2.07. The van der Waals surface area contributed by atoms with Gasteiger partial charge in [0, 0.05) is 24.7 Å². The molecule has 5 nitrogen and oxygen atoms in total. The quantitative estimate of drug-likeness (QED) is 0.805. The molecule has 0 atom stereocenters. The van der Waals surface area contributed by atoms with Crippen molar-refractivity contribution in [2.24, 2.45) is 5.73 Å². The van der Waals surface area contributed by atoms with Crippen LogP contribution in [0.2, 0.25) is 0 Å². The van der Waals surface area contributed by atoms with E-state index in [2.05, 4.69) is 32.7 Å². The van der Waals surface area contributed by atoms with E-state index in [0.717, 1.165) is 29.7 Å². The van der Waals surface area contributed by atoms with E-state index in [-0.39, 0.29) is 0 Å². The van der Waals surface area contributed by atoms with E-state index in [4.69, 9.17) is 5.73 Å². The predicted molar refractivity (Wildman–Crippen MR) is 72.0 cm³/mol. The maximum absolute atomic E-state index is 5.66. The van der Waals surface area contributed by atoms with Crippen LogP contribution in [-0.2, 0) is 18.8 Å². The summed E-state index contributed by atoms with van der Waals surface area (Å²) in [6.07, 6.45) is 4.70. The number of thioether (sulfide) groups is 1. The van der Waals surface area contributed by atoms with Gasteiger partial charge in [0.25, 0.3) is 0 Å². The smallest absolute Gasteiger partial charge is 0.191 e. The fourth-order valence-electron chi connectivity index (χ4n) is 1.66. The first-order valence-electron chi connectivity index (χ1n) is 5.99. The van der Waals surface area contributed by atoms with Crippen LogP contribution < -0.4 is 5.73 Å². The fraction of sp³-hybridized carbons (Fsp3) is 0.417. The van der Waals surface area contributed by atoms with Gasteiger partial charge in [-0.05, 0) is 18.1 Å². The van der Waals surface area contributed by atoms with Gasteiger partial charge in [-0.3, -0.25) is 4.98 Å². The van der Waals surface area contributed by atoms with Gasteiger partial charge in [0.1, 0.15) is 5.82 Å². The second-order valence-electron chi connectivity index (χ2n) is 3.90. The first-order valence-corrected chi connectivity index (χ1v) is 6.97. The molecule has 0 amide bonds. The summed E-state index contributed by atoms with van der Waals surface area (Å²) in [6, 6.07) is 4.00. The lowest BCUT2D eigenvalue weighted by atomic mass is 10.3. The highest BCUT2D eigenvalue weighted by atomic mass is 32.2. The number of rotatable bonds is 6. The van der Waals surface area contributed by atoms with Crippen LogP contribution in [0.15, 0.2) is 29.7 Å². The lowest BCUT2D eigenvalue weighted by Crippen LogP contribution is -2.09. The number of nitrogens with zero attached hydrogens (tertiary/aromatic N) is 4. The molecule has 0 aliphatic carbocycles. The van der Waals surface area contributed by atoms with Crippen molar-refractivity contribution in [3.8, 4) is 0 Å². The maximum Gasteiger partial charge on any atom is 0.191 e. The Morgan fingerprint density at radius 2 is 2.28 bits per heavy atom. The second-order valence-corrected chi connectivity index (χ2v) is 4.85. The molecule has 2 aromatic heterocycles. The van der Waals surface area contributed by atoms with Gasteiger partial charge in [-0.2, -0.15) is 0 Å². The van der Waals surface area contributed by atoms with Crippen molar-refractivity contribution < 1.29 is 0 Å². The number of pyridine rings is 1. The molecular formula is C12H17N5S. The number of nitrogens with two attached hydrogens (primary N) is 1. The van der Waals surface area contributed by atoms with Gasteiger partial charge < -0.3 is 10.3 Å². The molecule has 2 rings (SSSR count). The van der Waals surface area contributed by atoms with E-state index >= 15 is 0 Å². The maximum atomic E-state index is 5.66. The van der Waals surface area contributed by atoms with E-state index in [0.29, 0.717) is 6.54 Å². The van der Waals surface area contributed by atoms with Crippen LogP contribution in [0.3, 0.4) is 0 Å². The Hall–Kier alpha value is -1.40. The van der Waals surface area contributed by atoms with E-state index < -0.39 is 0 Å². The third-order valence-corrected chi connectivity index (χ3v) is 3.55. The van der Waals surface area contributed by atoms with Crippen molar-refractivity contribution in [1.82, 2.24) is 19.7 Å². The molecule has 0 aliphatic rings. The van der Waals surface area contributed by atoms with Crippen LogP contribution in [0.25, 0.3) is 0 Å². The average molecular weight is 263 g/mol. The van der Waals surface area contributed by atoms with Crippen LogP contribution in [-0.4, -0.2) is 19.7 Å². The highest BCUT2D eigenvalue weighted by molar-refractivity contribution is 7.98. The van der Waals surface area contributed by atoms with E-state index in [1.54, 1.807) is 18.0 Å². The minimum Gasteiger partial charge on any atom is -0.324 e. The molecule has 0 spiro atoms. The number of hydrogen-bond donors (Lipinski definition) is 1. The van der Waals surface area contributed by atoms with Crippen LogP contribution in [0, 0.1) is 0 Å². The fourth-order valence-corrected chi connectivity index (χ4v) is 2.57. The molecule has 2 aromatic rings. The van der Waals surface area contributed by atoms with E-state index in [9.17, 15) is 0 Å². The second kappa shape index (κ2) is 6.51. The topological polar surface area (TPSA) is 69.6 Å². The van der Waals surface area contributed by atoms with Gasteiger partial charge in [0.05, 0.1) is 6.54 Å². The molecule has 0 aromatic carbocycles. The van der Waals surface area contributed by atoms with Crippen molar-refractivity contribution in [1.29, 1.82) is 0 Å². The predicted octanol–water partition coefficient (Wildman–Crippen LogP) is 1.83. The summed E-state index contributed by atoms with van der Waals surface area (Å²) in [4.78, 5) is 4.10. The van der Waals surface area contributed by atoms with Crippen LogP contribution >= 0.6 is 11.8 Å². The summed E-state index contributed by atoms with van der Waals surface area (Å²) in [7, 11) is 0. The molecule has 0 saturated carbocycles. The Labute approximate surface area is 111 Å². The Balaban J connectivity index is 2.07. The Bertz CT molecular complexity index is 482. The van der Waals surface area contributed by atoms with Crippen LogP contribution in [0.1, 0.15) is 24.7 Å². The molecule has 0 radical (unpaired) electrons. The summed E-state index contributed by atoms with van der Waals surface area (Å²) >= 11 is 1.67. The molecular weight excluding hydrogens is 246 g/mol. The van der Waals surface area contributed by atoms with E-state index in [1.807, 2.05) is 12.3 Å². The molecule has 2 heterocycles. The van der Waals surface area contributed by atoms with Crippen LogP contribution in [0.4, 0.5) is 0 Å². The van der Waals surface area contributed by atoms with Gasteiger partial charge in [0.2, 0.25) is 0 Å². The van der Waals surface area contributed by atoms with Gasteiger partial charge >= 0.3 is 0 Å². The van der Waals surface area contributed by atoms with Crippen LogP contribution in [0.5, 0.6) is 0 Å². The first kappa shape index (κ1) is 13.0. The normalized spacial score (nSPS) is 10.8. The van der Waals surface area contributed by atoms with Crippen molar-refractivity contribution in [3.63, 3.8) is 0 Å². The molecule has 96 valence electrons. The highest BCUT2D eigenvalue weighted by Gasteiger charge is 2.10. The van der Waals surface area contributed by atoms with Gasteiger partial charge in [0.15, 0.2) is 5.16 Å². The minimum absolute atomic E-state index is 0.431. The lowest BCUT2D eigenvalue weighted by molar-refractivity contribution is 0.592. The zero-order chi connectivity index (χ0) is 12.8. The van der Waals surface area contributed by atoms with Gasteiger partial charge in [-0.1, -0.05) is 24.8 Å². The van der Waals surface area contributed by atoms with Crippen molar-refractivity contribution in [3.05, 3.63) is 35.9 Å². The monoisotopic (exact) mass is 263 g/mol. The van der Waals surface area contributed by atoms with Crippen molar-refractivity contribution in [2.45, 2.75) is 37.3 Å². The Kier molecular flexibility index (Phi) is 4.72. The zero-order valence-corrected chi connectivity index (χ0v) is 11.2. The molecule has 0 aliphatic heterocycles. The highest BCUT2D eigenvalue weighted by Crippen LogP contribution is 2.21. The van der Waals surface area contributed by atoms with E-state index in [1.165, 1.54) is 5.56 Å². The molecule has 2 N–H and O–H groups in total. The molecule has 6 heteroatoms. The standard InChI is InChI=1S/C12H17N5S/c1-2-6-17-11(7-13)15-16-12(17)18-9-10-4-3-5-14-8-10/h3-5,8H,2,6-7,9,13H2,1H3. The number of aromatic nitrogens is 4. The third-order valence-electron chi connectivity index (χ3n) is 2.51. The largest absolute Gasteiger partial charge is 0.324 e. The molecule has 0 bridgehead atoms. The summed E-state index contributed by atoms with van der Waals surface area (Å²) in [6.45, 7) is 3.48. The molecule has 18 heavy (non-hydrogen) atoms. The SMILES string of the molecule is CCCn1c(CN)nnc1SCc1cccnc1. The summed E-state index contributed by atoms with van der Waals surface area (Å²) in [5, 5.41) is 9.24. The molecule has 0 saturated heterocycles. The molecule has 0 fully saturated rings. The third kappa shape index (κ3) is 3.08. The number of hydrogen-bond acceptors (Lipinski definition) is 5. The molecule has 0 unspecified atom stereocenters. The summed E-state index contributed by atoms with van der Waals surface area (Å²) in [5.74, 6) is 1.70. The zero-order valence-electron chi connectivity index (χ0n) is 10.4. The minimum atomic E-state index is 0.431. The Morgan fingerprint density at radius 3 is 2.94 bits per heavy atom. The summed E-state index contributed by atoms with van der Waals surface area (Å²) in [5.41, 5.74) is 6.84. The van der Waals surface area contributed by atoms with Gasteiger partial charge in [-0.15, -0.1) is 10.2 Å². The Morgan fingerprint density at radius 1 is 1.39 bits per heavy atom. The first-order chi connectivity index (χ1) is 8.85. The van der Waals surface area contributed by atoms with Crippen molar-refractivity contribution >= 4 is 11.8 Å².